The minimum atomic E-state index is -3.21. The minimum absolute atomic E-state index is 0.163. The Morgan fingerprint density at radius 2 is 1.93 bits per heavy atom. The number of benzene rings is 2. The Bertz CT molecular complexity index is 1440. The predicted molar refractivity (Wildman–Crippen MR) is 138 cm³/mol. The van der Waals surface area contributed by atoms with Crippen LogP contribution in [0.5, 0.6) is 5.75 Å². The molecular formula is C28H30F3N3O6. The third-order valence-corrected chi connectivity index (χ3v) is 8.00. The number of carbonyl (C=O) groups is 2. The number of aromatic nitrogens is 2. The maximum atomic E-state index is 14.3. The highest BCUT2D eigenvalue weighted by Gasteiger charge is 2.37. The zero-order valence-electron chi connectivity index (χ0n) is 22.0. The SMILES string of the molecule is COC(=O)N1c2c(C(O)c3cc(F)ccc3OC(F)F)cc3c(ncn3[C@@H]3CCC[C@@H](C(=O)O)C3)c2CC[C@@H]1C. The molecule has 40 heavy (non-hydrogen) atoms. The van der Waals surface area contributed by atoms with Gasteiger partial charge in [0, 0.05) is 28.8 Å². The largest absolute Gasteiger partial charge is 0.481 e. The maximum absolute atomic E-state index is 14.3. The van der Waals surface area contributed by atoms with E-state index in [-0.39, 0.29) is 23.2 Å². The Morgan fingerprint density at radius 3 is 2.62 bits per heavy atom. The molecule has 1 fully saturated rings. The maximum Gasteiger partial charge on any atom is 0.414 e. The summed E-state index contributed by atoms with van der Waals surface area (Å²) in [6.45, 7) is -1.39. The van der Waals surface area contributed by atoms with Crippen LogP contribution in [0.2, 0.25) is 0 Å². The van der Waals surface area contributed by atoms with Gasteiger partial charge in [-0.25, -0.2) is 14.2 Å². The van der Waals surface area contributed by atoms with Gasteiger partial charge in [-0.2, -0.15) is 8.78 Å². The molecule has 12 heteroatoms. The molecule has 2 N–H and O–H groups in total. The van der Waals surface area contributed by atoms with Gasteiger partial charge in [0.05, 0.1) is 36.1 Å². The summed E-state index contributed by atoms with van der Waals surface area (Å²) in [5.74, 6) is -2.54. The Balaban J connectivity index is 1.73. The average molecular weight is 562 g/mol. The summed E-state index contributed by atoms with van der Waals surface area (Å²) in [6.07, 6.45) is 2.76. The molecule has 3 aromatic rings. The Labute approximate surface area is 228 Å². The van der Waals surface area contributed by atoms with E-state index >= 15 is 0 Å². The number of fused-ring (bicyclic) bond motifs is 3. The first-order valence-corrected chi connectivity index (χ1v) is 13.1. The number of alkyl halides is 2. The van der Waals surface area contributed by atoms with E-state index in [1.165, 1.54) is 12.0 Å². The Hall–Kier alpha value is -3.80. The van der Waals surface area contributed by atoms with Crippen LogP contribution in [-0.4, -0.2) is 51.6 Å². The standard InChI is InChI=1S/C28H30F3N3O6/c1-14-6-8-18-23-21(33(13-32-23)17-5-3-4-15(10-17)26(36)37)12-20(24(18)34(14)28(38)39-2)25(35)19-11-16(29)7-9-22(19)40-27(30)31/h7,9,11-15,17,25,27,35H,3-6,8,10H2,1-2H3,(H,36,37)/t14-,15+,17+,25?/m0/s1. The topological polar surface area (TPSA) is 114 Å². The molecule has 1 saturated carbocycles. The highest BCUT2D eigenvalue weighted by atomic mass is 19.3. The number of aliphatic hydroxyl groups is 1. The summed E-state index contributed by atoms with van der Waals surface area (Å²) >= 11 is 0. The third-order valence-electron chi connectivity index (χ3n) is 8.00. The predicted octanol–water partition coefficient (Wildman–Crippen LogP) is 5.58. The molecule has 1 amide bonds. The Kier molecular flexibility index (Phi) is 7.63. The fourth-order valence-electron chi connectivity index (χ4n) is 6.09. The van der Waals surface area contributed by atoms with Crippen molar-refractivity contribution in [3.8, 4) is 5.75 Å². The van der Waals surface area contributed by atoms with E-state index in [4.69, 9.17) is 4.74 Å². The summed E-state index contributed by atoms with van der Waals surface area (Å²) in [5, 5.41) is 21.3. The molecule has 4 atom stereocenters. The molecule has 0 bridgehead atoms. The van der Waals surface area contributed by atoms with Crippen molar-refractivity contribution in [3.05, 3.63) is 53.1 Å². The number of ether oxygens (including phenoxy) is 2. The molecule has 214 valence electrons. The number of methoxy groups -OCH3 is 1. The molecule has 0 saturated heterocycles. The van der Waals surface area contributed by atoms with Gasteiger partial charge in [-0.15, -0.1) is 0 Å². The number of aliphatic carboxylic acids is 1. The summed E-state index contributed by atoms with van der Waals surface area (Å²) < 4.78 is 52.2. The number of aliphatic hydroxyl groups excluding tert-OH is 1. The number of halogens is 3. The molecule has 9 nitrogen and oxygen atoms in total. The average Bonchev–Trinajstić information content (AvgIpc) is 3.36. The highest BCUT2D eigenvalue weighted by Crippen LogP contribution is 2.45. The van der Waals surface area contributed by atoms with E-state index in [2.05, 4.69) is 9.72 Å². The first kappa shape index (κ1) is 27.8. The van der Waals surface area contributed by atoms with E-state index in [1.54, 1.807) is 12.4 Å². The van der Waals surface area contributed by atoms with Gasteiger partial charge in [-0.05, 0) is 63.3 Å². The molecule has 1 aliphatic carbocycles. The summed E-state index contributed by atoms with van der Waals surface area (Å²) in [4.78, 5) is 30.7. The third kappa shape index (κ3) is 4.96. The number of rotatable bonds is 6. The zero-order chi connectivity index (χ0) is 28.7. The van der Waals surface area contributed by atoms with Gasteiger partial charge in [0.2, 0.25) is 0 Å². The van der Waals surface area contributed by atoms with E-state index in [0.29, 0.717) is 54.4 Å². The van der Waals surface area contributed by atoms with Crippen molar-refractivity contribution >= 4 is 28.8 Å². The van der Waals surface area contributed by atoms with Crippen LogP contribution in [0.3, 0.4) is 0 Å². The second kappa shape index (κ2) is 11.0. The van der Waals surface area contributed by atoms with Crippen LogP contribution in [0, 0.1) is 11.7 Å². The molecule has 2 aromatic carbocycles. The molecule has 5 rings (SSSR count). The first-order valence-electron chi connectivity index (χ1n) is 13.1. The van der Waals surface area contributed by atoms with Gasteiger partial charge >= 0.3 is 18.7 Å². The van der Waals surface area contributed by atoms with Gasteiger partial charge in [0.1, 0.15) is 17.7 Å². The highest BCUT2D eigenvalue weighted by molar-refractivity contribution is 5.97. The van der Waals surface area contributed by atoms with Crippen molar-refractivity contribution in [2.45, 2.75) is 70.2 Å². The van der Waals surface area contributed by atoms with Gasteiger partial charge < -0.3 is 24.3 Å². The number of aryl methyl sites for hydroxylation is 1. The lowest BCUT2D eigenvalue weighted by Crippen LogP contribution is -2.43. The molecular weight excluding hydrogens is 531 g/mol. The van der Waals surface area contributed by atoms with Crippen molar-refractivity contribution in [1.82, 2.24) is 9.55 Å². The lowest BCUT2D eigenvalue weighted by molar-refractivity contribution is -0.143. The van der Waals surface area contributed by atoms with E-state index < -0.39 is 42.3 Å². The second-order valence-electron chi connectivity index (χ2n) is 10.4. The van der Waals surface area contributed by atoms with Crippen LogP contribution in [0.1, 0.15) is 67.9 Å². The normalized spacial score (nSPS) is 21.8. The number of imidazole rings is 1. The van der Waals surface area contributed by atoms with Crippen LogP contribution in [0.15, 0.2) is 30.6 Å². The molecule has 2 aliphatic rings. The van der Waals surface area contributed by atoms with Crippen LogP contribution in [0.25, 0.3) is 11.0 Å². The molecule has 1 unspecified atom stereocenters. The van der Waals surface area contributed by atoms with E-state index in [9.17, 15) is 33.0 Å². The number of amides is 1. The van der Waals surface area contributed by atoms with Gasteiger partial charge in [-0.1, -0.05) is 6.42 Å². The molecule has 2 heterocycles. The van der Waals surface area contributed by atoms with Crippen LogP contribution in [-0.2, 0) is 16.0 Å². The smallest absolute Gasteiger partial charge is 0.414 e. The number of nitrogens with zero attached hydrogens (tertiary/aromatic N) is 3. The number of anilines is 1. The lowest BCUT2D eigenvalue weighted by Gasteiger charge is -2.37. The summed E-state index contributed by atoms with van der Waals surface area (Å²) in [6, 6.07) is 4.00. The molecule has 0 spiro atoms. The van der Waals surface area contributed by atoms with Crippen LogP contribution in [0.4, 0.5) is 23.7 Å². The monoisotopic (exact) mass is 561 g/mol. The van der Waals surface area contributed by atoms with Crippen molar-refractivity contribution in [1.29, 1.82) is 0 Å². The first-order chi connectivity index (χ1) is 19.1. The van der Waals surface area contributed by atoms with Crippen molar-refractivity contribution in [3.63, 3.8) is 0 Å². The van der Waals surface area contributed by atoms with Gasteiger partial charge in [0.25, 0.3) is 0 Å². The molecule has 1 aliphatic heterocycles. The zero-order valence-corrected chi connectivity index (χ0v) is 22.0. The fraction of sp³-hybridized carbons (Fsp3) is 0.464. The molecule has 1 aromatic heterocycles. The molecule has 0 radical (unpaired) electrons. The van der Waals surface area contributed by atoms with E-state index in [0.717, 1.165) is 24.6 Å². The van der Waals surface area contributed by atoms with Crippen LogP contribution >= 0.6 is 0 Å². The number of hydrogen-bond acceptors (Lipinski definition) is 6. The minimum Gasteiger partial charge on any atom is -0.481 e. The summed E-state index contributed by atoms with van der Waals surface area (Å²) in [7, 11) is 1.23. The van der Waals surface area contributed by atoms with Gasteiger partial charge in [-0.3, -0.25) is 9.69 Å². The van der Waals surface area contributed by atoms with Crippen molar-refractivity contribution in [2.24, 2.45) is 5.92 Å². The van der Waals surface area contributed by atoms with Crippen molar-refractivity contribution in [2.75, 3.05) is 12.0 Å². The second-order valence-corrected chi connectivity index (χ2v) is 10.4. The summed E-state index contributed by atoms with van der Waals surface area (Å²) in [5.41, 5.74) is 2.06. The number of hydrogen-bond donors (Lipinski definition) is 2. The number of carboxylic acids is 1. The van der Waals surface area contributed by atoms with Gasteiger partial charge in [0.15, 0.2) is 0 Å². The fourth-order valence-corrected chi connectivity index (χ4v) is 6.09. The Morgan fingerprint density at radius 1 is 1.15 bits per heavy atom. The van der Waals surface area contributed by atoms with Crippen molar-refractivity contribution < 1.29 is 42.4 Å². The van der Waals surface area contributed by atoms with E-state index in [1.807, 2.05) is 11.5 Å². The van der Waals surface area contributed by atoms with Crippen LogP contribution < -0.4 is 9.64 Å². The number of carbonyl (C=O) groups excluding carboxylic acids is 1. The lowest BCUT2D eigenvalue weighted by atomic mass is 9.85. The quantitative estimate of drug-likeness (QED) is 0.404. The number of carboxylic acid groups (broad SMARTS) is 1.